The molecule has 2 rings (SSSR count). The SMILES string of the molecule is C#Cc1ccc(C(C(=O)Nc2c(C)cccc2Cl)N(C)C(=O)C(CS)NC(=O)OC(C)(C)C)cc1. The zero-order chi connectivity index (χ0) is 26.3. The molecule has 0 bridgehead atoms. The zero-order valence-electron chi connectivity index (χ0n) is 20.4. The van der Waals surface area contributed by atoms with E-state index >= 15 is 0 Å². The van der Waals surface area contributed by atoms with Crippen molar-refractivity contribution < 1.29 is 19.1 Å². The van der Waals surface area contributed by atoms with Gasteiger partial charge in [-0.3, -0.25) is 9.59 Å². The minimum absolute atomic E-state index is 0.00356. The second-order valence-corrected chi connectivity index (χ2v) is 9.69. The molecule has 0 fully saturated rings. The first-order chi connectivity index (χ1) is 16.4. The van der Waals surface area contributed by atoms with E-state index in [0.29, 0.717) is 21.8 Å². The fourth-order valence-electron chi connectivity index (χ4n) is 3.30. The highest BCUT2D eigenvalue weighted by Gasteiger charge is 2.34. The Kier molecular flexibility index (Phi) is 9.64. The standard InChI is InChI=1S/C26H30ClN3O4S/c1-7-17-11-13-18(14-12-17)22(23(31)29-21-16(2)9-8-10-19(21)27)30(6)24(32)20(15-35)28-25(33)34-26(3,4)5/h1,8-14,20,22,35H,15H2,2-6H3,(H,28,33)(H,29,31). The lowest BCUT2D eigenvalue weighted by Gasteiger charge is -2.31. The Hall–Kier alpha value is -3.15. The molecular weight excluding hydrogens is 486 g/mol. The maximum absolute atomic E-state index is 13.5. The number of alkyl carbamates (subject to hydrolysis) is 1. The highest BCUT2D eigenvalue weighted by molar-refractivity contribution is 7.80. The summed E-state index contributed by atoms with van der Waals surface area (Å²) in [5.74, 6) is 1.51. The van der Waals surface area contributed by atoms with Gasteiger partial charge >= 0.3 is 6.09 Å². The smallest absolute Gasteiger partial charge is 0.408 e. The number of thiol groups is 1. The highest BCUT2D eigenvalue weighted by Crippen LogP contribution is 2.29. The highest BCUT2D eigenvalue weighted by atomic mass is 35.5. The van der Waals surface area contributed by atoms with Crippen LogP contribution < -0.4 is 10.6 Å². The van der Waals surface area contributed by atoms with Crippen molar-refractivity contribution in [3.05, 3.63) is 64.2 Å². The van der Waals surface area contributed by atoms with Gasteiger partial charge in [0, 0.05) is 18.4 Å². The number of ether oxygens (including phenoxy) is 1. The number of carbonyl (C=O) groups is 3. The topological polar surface area (TPSA) is 87.7 Å². The lowest BCUT2D eigenvalue weighted by Crippen LogP contribution is -2.52. The van der Waals surface area contributed by atoms with Crippen LogP contribution >= 0.6 is 24.2 Å². The summed E-state index contributed by atoms with van der Waals surface area (Å²) in [7, 11) is 1.48. The predicted octanol–water partition coefficient (Wildman–Crippen LogP) is 4.59. The zero-order valence-corrected chi connectivity index (χ0v) is 22.0. The fraction of sp³-hybridized carbons (Fsp3) is 0.346. The van der Waals surface area contributed by atoms with Crippen LogP contribution in [-0.4, -0.2) is 47.3 Å². The minimum Gasteiger partial charge on any atom is -0.444 e. The van der Waals surface area contributed by atoms with Crippen molar-refractivity contribution in [3.63, 3.8) is 0 Å². The quantitative estimate of drug-likeness (QED) is 0.372. The molecule has 35 heavy (non-hydrogen) atoms. The molecule has 2 aromatic carbocycles. The summed E-state index contributed by atoms with van der Waals surface area (Å²) in [4.78, 5) is 40.4. The number of carbonyl (C=O) groups excluding carboxylic acids is 3. The van der Waals surface area contributed by atoms with Crippen molar-refractivity contribution in [2.75, 3.05) is 18.1 Å². The lowest BCUT2D eigenvalue weighted by atomic mass is 10.0. The Bertz CT molecular complexity index is 1100. The number of nitrogens with zero attached hydrogens (tertiary/aromatic N) is 1. The van der Waals surface area contributed by atoms with Crippen LogP contribution in [0.4, 0.5) is 10.5 Å². The van der Waals surface area contributed by atoms with Crippen LogP contribution in [0.15, 0.2) is 42.5 Å². The van der Waals surface area contributed by atoms with Crippen LogP contribution in [0.3, 0.4) is 0 Å². The Labute approximate surface area is 217 Å². The normalized spacial score (nSPS) is 12.6. The van der Waals surface area contributed by atoms with E-state index in [1.807, 2.05) is 13.0 Å². The van der Waals surface area contributed by atoms with Gasteiger partial charge in [0.15, 0.2) is 0 Å². The number of hydrogen-bond donors (Lipinski definition) is 3. The van der Waals surface area contributed by atoms with Gasteiger partial charge in [-0.05, 0) is 57.0 Å². The molecule has 0 radical (unpaired) electrons. The number of benzene rings is 2. The number of rotatable bonds is 7. The number of amides is 3. The summed E-state index contributed by atoms with van der Waals surface area (Å²) in [5.41, 5.74) is 1.62. The molecule has 0 aliphatic carbocycles. The van der Waals surface area contributed by atoms with Crippen LogP contribution in [0, 0.1) is 19.3 Å². The lowest BCUT2D eigenvalue weighted by molar-refractivity contribution is -0.138. The van der Waals surface area contributed by atoms with E-state index in [-0.39, 0.29) is 5.75 Å². The molecule has 2 N–H and O–H groups in total. The Morgan fingerprint density at radius 1 is 1.17 bits per heavy atom. The third-order valence-corrected chi connectivity index (χ3v) is 5.70. The average Bonchev–Trinajstić information content (AvgIpc) is 2.79. The van der Waals surface area contributed by atoms with Gasteiger partial charge < -0.3 is 20.3 Å². The average molecular weight is 516 g/mol. The molecule has 0 heterocycles. The number of halogens is 1. The molecule has 0 saturated carbocycles. The van der Waals surface area contributed by atoms with E-state index in [1.54, 1.807) is 57.2 Å². The van der Waals surface area contributed by atoms with Gasteiger partial charge in [-0.15, -0.1) is 6.42 Å². The molecule has 0 aliphatic heterocycles. The fourth-order valence-corrected chi connectivity index (χ4v) is 3.82. The van der Waals surface area contributed by atoms with Crippen molar-refractivity contribution in [2.24, 2.45) is 0 Å². The number of hydrogen-bond acceptors (Lipinski definition) is 5. The third-order valence-electron chi connectivity index (χ3n) is 5.02. The molecule has 2 aromatic rings. The molecule has 0 aromatic heterocycles. The number of aryl methyl sites for hydroxylation is 1. The van der Waals surface area contributed by atoms with Crippen molar-refractivity contribution in [1.29, 1.82) is 0 Å². The van der Waals surface area contributed by atoms with Gasteiger partial charge in [0.05, 0.1) is 10.7 Å². The van der Waals surface area contributed by atoms with Crippen molar-refractivity contribution in [3.8, 4) is 12.3 Å². The van der Waals surface area contributed by atoms with E-state index in [9.17, 15) is 14.4 Å². The molecule has 0 aliphatic rings. The first-order valence-corrected chi connectivity index (χ1v) is 11.9. The summed E-state index contributed by atoms with van der Waals surface area (Å²) in [5, 5.41) is 5.73. The first kappa shape index (κ1) is 28.1. The monoisotopic (exact) mass is 515 g/mol. The molecule has 0 saturated heterocycles. The van der Waals surface area contributed by atoms with Crippen molar-refractivity contribution in [2.45, 2.75) is 45.4 Å². The molecule has 2 atom stereocenters. The molecule has 2 unspecified atom stereocenters. The van der Waals surface area contributed by atoms with Gasteiger partial charge in [0.2, 0.25) is 5.91 Å². The van der Waals surface area contributed by atoms with Gasteiger partial charge in [0.1, 0.15) is 17.7 Å². The van der Waals surface area contributed by atoms with Gasteiger partial charge in [-0.25, -0.2) is 4.79 Å². The summed E-state index contributed by atoms with van der Waals surface area (Å²) < 4.78 is 5.26. The van der Waals surface area contributed by atoms with Crippen LogP contribution in [0.2, 0.25) is 5.02 Å². The van der Waals surface area contributed by atoms with Gasteiger partial charge in [-0.1, -0.05) is 41.8 Å². The molecule has 186 valence electrons. The summed E-state index contributed by atoms with van der Waals surface area (Å²) in [6.45, 7) is 6.96. The third kappa shape index (κ3) is 7.67. The van der Waals surface area contributed by atoms with Crippen LogP contribution in [0.1, 0.15) is 43.5 Å². The summed E-state index contributed by atoms with van der Waals surface area (Å²) >= 11 is 10.5. The van der Waals surface area contributed by atoms with E-state index in [0.717, 1.165) is 5.56 Å². The minimum atomic E-state index is -1.05. The van der Waals surface area contributed by atoms with Crippen molar-refractivity contribution in [1.82, 2.24) is 10.2 Å². The van der Waals surface area contributed by atoms with Crippen molar-refractivity contribution >= 4 is 47.8 Å². The van der Waals surface area contributed by atoms with Crippen LogP contribution in [0.25, 0.3) is 0 Å². The van der Waals surface area contributed by atoms with Crippen LogP contribution in [0.5, 0.6) is 0 Å². The largest absolute Gasteiger partial charge is 0.444 e. The van der Waals surface area contributed by atoms with E-state index in [4.69, 9.17) is 22.8 Å². The molecule has 3 amide bonds. The number of terminal acetylenes is 1. The predicted molar refractivity (Wildman–Crippen MR) is 142 cm³/mol. The number of likely N-dealkylation sites (N-methyl/N-ethyl adjacent to an activating group) is 1. The summed E-state index contributed by atoms with van der Waals surface area (Å²) in [6, 6.07) is 9.91. The number of anilines is 1. The maximum atomic E-state index is 13.5. The van der Waals surface area contributed by atoms with Crippen LogP contribution in [-0.2, 0) is 14.3 Å². The maximum Gasteiger partial charge on any atom is 0.408 e. The molecule has 7 nitrogen and oxygen atoms in total. The first-order valence-electron chi connectivity index (χ1n) is 10.9. The molecule has 0 spiro atoms. The Balaban J connectivity index is 2.39. The Morgan fingerprint density at radius 3 is 2.31 bits per heavy atom. The second kappa shape index (κ2) is 12.0. The molecule has 9 heteroatoms. The van der Waals surface area contributed by atoms with Gasteiger partial charge in [-0.2, -0.15) is 12.6 Å². The molecular formula is C26H30ClN3O4S. The van der Waals surface area contributed by atoms with E-state index in [2.05, 4.69) is 29.2 Å². The number of nitrogens with one attached hydrogen (secondary N) is 2. The van der Waals surface area contributed by atoms with E-state index < -0.39 is 35.6 Å². The summed E-state index contributed by atoms with van der Waals surface area (Å²) in [6.07, 6.45) is 4.70. The van der Waals surface area contributed by atoms with E-state index in [1.165, 1.54) is 11.9 Å². The van der Waals surface area contributed by atoms with Gasteiger partial charge in [0.25, 0.3) is 5.91 Å². The number of para-hydroxylation sites is 1. The Morgan fingerprint density at radius 2 is 1.80 bits per heavy atom. The second-order valence-electron chi connectivity index (χ2n) is 8.92.